The van der Waals surface area contributed by atoms with Gasteiger partial charge in [-0.1, -0.05) is 13.8 Å². The van der Waals surface area contributed by atoms with Crippen molar-refractivity contribution in [1.29, 1.82) is 0 Å². The van der Waals surface area contributed by atoms with Gasteiger partial charge >= 0.3 is 5.97 Å². The lowest BCUT2D eigenvalue weighted by Crippen LogP contribution is -2.55. The number of hydrogen-bond acceptors (Lipinski definition) is 8. The van der Waals surface area contributed by atoms with E-state index in [1.807, 2.05) is 27.7 Å². The highest BCUT2D eigenvalue weighted by atomic mass is 16.7. The van der Waals surface area contributed by atoms with Gasteiger partial charge in [-0.15, -0.1) is 0 Å². The molecule has 0 N–H and O–H groups in total. The Morgan fingerprint density at radius 1 is 1.08 bits per heavy atom. The number of benzene rings is 1. The Hall–Kier alpha value is -2.58. The first-order valence-electron chi connectivity index (χ1n) is 14.5. The maximum absolute atomic E-state index is 14.3. The van der Waals surface area contributed by atoms with Crippen LogP contribution in [-0.2, 0) is 30.2 Å². The molecular formula is C31H41NO7. The molecule has 39 heavy (non-hydrogen) atoms. The Morgan fingerprint density at radius 3 is 2.56 bits per heavy atom. The van der Waals surface area contributed by atoms with Gasteiger partial charge in [0.25, 0.3) is 0 Å². The Morgan fingerprint density at radius 2 is 1.85 bits per heavy atom. The van der Waals surface area contributed by atoms with Gasteiger partial charge < -0.3 is 23.7 Å². The van der Waals surface area contributed by atoms with Crippen LogP contribution in [0, 0.1) is 5.92 Å². The molecule has 0 aromatic heterocycles. The summed E-state index contributed by atoms with van der Waals surface area (Å²) < 4.78 is 30.5. The molecule has 6 rings (SSSR count). The fourth-order valence-electron chi connectivity index (χ4n) is 7.57. The summed E-state index contributed by atoms with van der Waals surface area (Å²) in [6.07, 6.45) is 6.55. The number of fused-ring (bicyclic) bond motifs is 3. The van der Waals surface area contributed by atoms with Crippen molar-refractivity contribution in [1.82, 2.24) is 4.90 Å². The lowest BCUT2D eigenvalue weighted by atomic mass is 9.77. The van der Waals surface area contributed by atoms with Crippen molar-refractivity contribution < 1.29 is 33.3 Å². The average molecular weight is 540 g/mol. The van der Waals surface area contributed by atoms with Crippen molar-refractivity contribution in [2.24, 2.45) is 5.92 Å². The molecule has 0 bridgehead atoms. The Bertz CT molecular complexity index is 1210. The molecule has 8 heteroatoms. The molecule has 2 fully saturated rings. The Balaban J connectivity index is 1.41. The van der Waals surface area contributed by atoms with Crippen LogP contribution in [0.1, 0.15) is 83.3 Å². The van der Waals surface area contributed by atoms with E-state index in [0.29, 0.717) is 12.2 Å². The molecule has 212 valence electrons. The SMILES string of the molecule is COC1=CC23CCCN2CCc2cc4c(cc2C3C1OC(=O)[C@@]1(CC(=O)C(C)C)CCCC(C)(C)O1)OCO4. The third kappa shape index (κ3) is 4.34. The number of hydrogen-bond donors (Lipinski definition) is 0. The molecule has 1 aliphatic carbocycles. The zero-order chi connectivity index (χ0) is 27.6. The summed E-state index contributed by atoms with van der Waals surface area (Å²) in [7, 11) is 1.65. The van der Waals surface area contributed by atoms with E-state index in [0.717, 1.165) is 62.3 Å². The van der Waals surface area contributed by atoms with Crippen LogP contribution in [0.25, 0.3) is 0 Å². The summed E-state index contributed by atoms with van der Waals surface area (Å²) in [6, 6.07) is 4.17. The Labute approximate surface area is 230 Å². The van der Waals surface area contributed by atoms with E-state index in [1.165, 1.54) is 5.56 Å². The summed E-state index contributed by atoms with van der Waals surface area (Å²) in [5.41, 5.74) is 0.144. The predicted molar refractivity (Wildman–Crippen MR) is 144 cm³/mol. The molecule has 0 saturated carbocycles. The lowest BCUT2D eigenvalue weighted by molar-refractivity contribution is -0.214. The summed E-state index contributed by atoms with van der Waals surface area (Å²) in [5, 5.41) is 0. The molecule has 2 saturated heterocycles. The number of esters is 1. The zero-order valence-corrected chi connectivity index (χ0v) is 23.8. The monoisotopic (exact) mass is 539 g/mol. The quantitative estimate of drug-likeness (QED) is 0.482. The minimum absolute atomic E-state index is 0.00420. The summed E-state index contributed by atoms with van der Waals surface area (Å²) in [4.78, 5) is 29.8. The van der Waals surface area contributed by atoms with E-state index in [2.05, 4.69) is 23.1 Å². The molecule has 5 aliphatic rings. The molecule has 1 aromatic carbocycles. The van der Waals surface area contributed by atoms with Crippen molar-refractivity contribution in [3.63, 3.8) is 0 Å². The van der Waals surface area contributed by atoms with Gasteiger partial charge in [0.05, 0.1) is 24.2 Å². The molecule has 8 nitrogen and oxygen atoms in total. The highest BCUT2D eigenvalue weighted by Gasteiger charge is 2.59. The third-order valence-corrected chi connectivity index (χ3v) is 9.51. The van der Waals surface area contributed by atoms with E-state index in [-0.39, 0.29) is 36.4 Å². The topological polar surface area (TPSA) is 83.5 Å². The predicted octanol–water partition coefficient (Wildman–Crippen LogP) is 4.68. The first-order valence-corrected chi connectivity index (χ1v) is 14.5. The van der Waals surface area contributed by atoms with Crippen molar-refractivity contribution >= 4 is 11.8 Å². The van der Waals surface area contributed by atoms with Crippen LogP contribution in [0.2, 0.25) is 0 Å². The molecule has 0 amide bonds. The van der Waals surface area contributed by atoms with Crippen LogP contribution in [-0.4, -0.2) is 66.5 Å². The highest BCUT2D eigenvalue weighted by molar-refractivity contribution is 5.90. The van der Waals surface area contributed by atoms with Crippen LogP contribution >= 0.6 is 0 Å². The molecule has 4 aliphatic heterocycles. The number of carbonyl (C=O) groups is 2. The van der Waals surface area contributed by atoms with Gasteiger partial charge in [-0.25, -0.2) is 4.79 Å². The zero-order valence-electron chi connectivity index (χ0n) is 23.8. The summed E-state index contributed by atoms with van der Waals surface area (Å²) in [5.74, 6) is 1.32. The molecule has 1 aromatic rings. The van der Waals surface area contributed by atoms with E-state index in [4.69, 9.17) is 23.7 Å². The first kappa shape index (κ1) is 26.6. The highest BCUT2D eigenvalue weighted by Crippen LogP contribution is 2.56. The average Bonchev–Trinajstić information content (AvgIpc) is 3.57. The lowest BCUT2D eigenvalue weighted by Gasteiger charge is -2.44. The van der Waals surface area contributed by atoms with E-state index in [9.17, 15) is 9.59 Å². The molecule has 1 spiro atoms. The summed E-state index contributed by atoms with van der Waals surface area (Å²) in [6.45, 7) is 9.79. The number of Topliss-reactive ketones (excluding diaryl/α,β-unsaturated/α-hetero) is 1. The van der Waals surface area contributed by atoms with Crippen molar-refractivity contribution in [3.05, 3.63) is 35.1 Å². The summed E-state index contributed by atoms with van der Waals surface area (Å²) >= 11 is 0. The van der Waals surface area contributed by atoms with Gasteiger partial charge in [0.15, 0.2) is 23.2 Å². The molecular weight excluding hydrogens is 498 g/mol. The number of ether oxygens (including phenoxy) is 5. The van der Waals surface area contributed by atoms with Crippen LogP contribution in [0.5, 0.6) is 11.5 Å². The molecule has 0 radical (unpaired) electrons. The fourth-order valence-corrected chi connectivity index (χ4v) is 7.57. The molecule has 3 unspecified atom stereocenters. The standard InChI is InChI=1S/C31H41NO7/c1-19(2)22(33)16-31(11-6-9-29(3,4)39-31)28(34)38-27-25(35-5)17-30-10-7-12-32(30)13-8-20-14-23-24(37-18-36-23)15-21(20)26(27)30/h14-15,17,19,26-27H,6-13,16,18H2,1-5H3/t26?,27?,30?,31-/m0/s1. The van der Waals surface area contributed by atoms with E-state index in [1.54, 1.807) is 7.11 Å². The molecule has 4 heterocycles. The third-order valence-electron chi connectivity index (χ3n) is 9.51. The first-order chi connectivity index (χ1) is 18.6. The molecule has 4 atom stereocenters. The second-order valence-electron chi connectivity index (χ2n) is 12.8. The van der Waals surface area contributed by atoms with Gasteiger partial charge in [-0.2, -0.15) is 0 Å². The minimum atomic E-state index is -1.31. The maximum Gasteiger partial charge on any atom is 0.339 e. The smallest absolute Gasteiger partial charge is 0.339 e. The largest absolute Gasteiger partial charge is 0.497 e. The van der Waals surface area contributed by atoms with Gasteiger partial charge in [0, 0.05) is 18.9 Å². The normalized spacial score (nSPS) is 32.6. The second-order valence-corrected chi connectivity index (χ2v) is 12.8. The van der Waals surface area contributed by atoms with Gasteiger partial charge in [-0.05, 0) is 88.3 Å². The number of ketones is 1. The number of nitrogens with zero attached hydrogens (tertiary/aromatic N) is 1. The van der Waals surface area contributed by atoms with Crippen molar-refractivity contribution in [2.75, 3.05) is 27.0 Å². The van der Waals surface area contributed by atoms with Crippen LogP contribution < -0.4 is 9.47 Å². The second kappa shape index (κ2) is 9.51. The van der Waals surface area contributed by atoms with Crippen molar-refractivity contribution in [2.45, 2.75) is 101 Å². The minimum Gasteiger partial charge on any atom is -0.497 e. The van der Waals surface area contributed by atoms with Crippen LogP contribution in [0.15, 0.2) is 24.0 Å². The number of methoxy groups -OCH3 is 1. The number of rotatable bonds is 6. The van der Waals surface area contributed by atoms with Gasteiger partial charge in [0.1, 0.15) is 11.5 Å². The van der Waals surface area contributed by atoms with Crippen LogP contribution in [0.3, 0.4) is 0 Å². The Kier molecular flexibility index (Phi) is 6.50. The maximum atomic E-state index is 14.3. The van der Waals surface area contributed by atoms with Gasteiger partial charge in [-0.3, -0.25) is 9.69 Å². The van der Waals surface area contributed by atoms with Gasteiger partial charge in [0.2, 0.25) is 6.79 Å². The van der Waals surface area contributed by atoms with E-state index < -0.39 is 23.3 Å². The van der Waals surface area contributed by atoms with Crippen LogP contribution in [0.4, 0.5) is 0 Å². The van der Waals surface area contributed by atoms with Crippen molar-refractivity contribution in [3.8, 4) is 11.5 Å². The number of carbonyl (C=O) groups excluding carboxylic acids is 2. The fraction of sp³-hybridized carbons (Fsp3) is 0.677. The van der Waals surface area contributed by atoms with E-state index >= 15 is 0 Å².